The van der Waals surface area contributed by atoms with E-state index in [1.165, 1.54) is 13.3 Å². The summed E-state index contributed by atoms with van der Waals surface area (Å²) in [5, 5.41) is 2.85. The van der Waals surface area contributed by atoms with Gasteiger partial charge in [0.15, 0.2) is 0 Å². The predicted octanol–water partition coefficient (Wildman–Crippen LogP) is 2.43. The van der Waals surface area contributed by atoms with Crippen LogP contribution in [-0.2, 0) is 9.53 Å². The Morgan fingerprint density at radius 2 is 1.83 bits per heavy atom. The number of carbonyl (C=O) groups excluding carboxylic acids is 2. The van der Waals surface area contributed by atoms with Crippen molar-refractivity contribution in [3.63, 3.8) is 0 Å². The minimum Gasteiger partial charge on any atom is -0.497 e. The van der Waals surface area contributed by atoms with Crippen LogP contribution in [0.15, 0.2) is 42.6 Å². The molecule has 0 spiro atoms. The van der Waals surface area contributed by atoms with E-state index < -0.39 is 12.0 Å². The molecule has 0 aliphatic carbocycles. The van der Waals surface area contributed by atoms with Gasteiger partial charge in [-0.1, -0.05) is 12.1 Å². The van der Waals surface area contributed by atoms with Gasteiger partial charge in [0.05, 0.1) is 32.2 Å². The maximum Gasteiger partial charge on any atom is 0.307 e. The number of hydrogen-bond donors (Lipinski definition) is 1. The van der Waals surface area contributed by atoms with Gasteiger partial charge >= 0.3 is 5.97 Å². The molecule has 1 aromatic heterocycles. The SMILES string of the molecule is COC(=O)CC(NC(=O)c1ccc(C)nc1)c1ccc(OC)cc1. The van der Waals surface area contributed by atoms with Crippen LogP contribution in [0.25, 0.3) is 0 Å². The molecule has 6 nitrogen and oxygen atoms in total. The van der Waals surface area contributed by atoms with Crippen LogP contribution in [0.5, 0.6) is 5.75 Å². The minimum atomic E-state index is -0.503. The maximum atomic E-state index is 12.4. The second-order valence-corrected chi connectivity index (χ2v) is 5.27. The average Bonchev–Trinajstić information content (AvgIpc) is 2.61. The highest BCUT2D eigenvalue weighted by molar-refractivity contribution is 5.94. The van der Waals surface area contributed by atoms with Crippen molar-refractivity contribution < 1.29 is 19.1 Å². The number of carbonyl (C=O) groups is 2. The first-order valence-electron chi connectivity index (χ1n) is 7.47. The summed E-state index contributed by atoms with van der Waals surface area (Å²) >= 11 is 0. The third-order valence-electron chi connectivity index (χ3n) is 3.60. The summed E-state index contributed by atoms with van der Waals surface area (Å²) in [7, 11) is 2.90. The van der Waals surface area contributed by atoms with E-state index in [1.807, 2.05) is 6.92 Å². The molecule has 0 bridgehead atoms. The Bertz CT molecular complexity index is 696. The fraction of sp³-hybridized carbons (Fsp3) is 0.278. The monoisotopic (exact) mass is 328 g/mol. The number of aromatic nitrogens is 1. The number of esters is 1. The van der Waals surface area contributed by atoms with Gasteiger partial charge in [-0.2, -0.15) is 0 Å². The van der Waals surface area contributed by atoms with Crippen molar-refractivity contribution in [3.05, 3.63) is 59.4 Å². The quantitative estimate of drug-likeness (QED) is 0.824. The zero-order valence-electron chi connectivity index (χ0n) is 13.9. The van der Waals surface area contributed by atoms with Crippen molar-refractivity contribution in [1.29, 1.82) is 0 Å². The van der Waals surface area contributed by atoms with Crippen LogP contribution < -0.4 is 10.1 Å². The fourth-order valence-electron chi connectivity index (χ4n) is 2.18. The average molecular weight is 328 g/mol. The maximum absolute atomic E-state index is 12.4. The smallest absolute Gasteiger partial charge is 0.307 e. The van der Waals surface area contributed by atoms with Crippen LogP contribution in [0.1, 0.15) is 34.1 Å². The number of nitrogens with one attached hydrogen (secondary N) is 1. The summed E-state index contributed by atoms with van der Waals surface area (Å²) in [6, 6.07) is 10.1. The fourth-order valence-corrected chi connectivity index (χ4v) is 2.18. The molecular weight excluding hydrogens is 308 g/mol. The first-order valence-corrected chi connectivity index (χ1v) is 7.47. The molecule has 24 heavy (non-hydrogen) atoms. The van der Waals surface area contributed by atoms with E-state index in [9.17, 15) is 9.59 Å². The lowest BCUT2D eigenvalue weighted by Crippen LogP contribution is -2.30. The van der Waals surface area contributed by atoms with Crippen molar-refractivity contribution in [2.24, 2.45) is 0 Å². The molecule has 1 unspecified atom stereocenters. The van der Waals surface area contributed by atoms with Gasteiger partial charge < -0.3 is 14.8 Å². The Morgan fingerprint density at radius 3 is 2.38 bits per heavy atom. The first-order chi connectivity index (χ1) is 11.5. The number of rotatable bonds is 6. The van der Waals surface area contributed by atoms with E-state index in [4.69, 9.17) is 9.47 Å². The molecule has 2 aromatic rings. The zero-order chi connectivity index (χ0) is 17.5. The van der Waals surface area contributed by atoms with Gasteiger partial charge in [0.25, 0.3) is 5.91 Å². The molecule has 1 N–H and O–H groups in total. The summed E-state index contributed by atoms with van der Waals surface area (Å²) in [4.78, 5) is 28.2. The Kier molecular flexibility index (Phi) is 5.89. The molecule has 1 aromatic carbocycles. The van der Waals surface area contributed by atoms with Gasteiger partial charge in [-0.25, -0.2) is 0 Å². The largest absolute Gasteiger partial charge is 0.497 e. The lowest BCUT2D eigenvalue weighted by molar-refractivity contribution is -0.141. The van der Waals surface area contributed by atoms with Crippen molar-refractivity contribution in [2.75, 3.05) is 14.2 Å². The summed E-state index contributed by atoms with van der Waals surface area (Å²) in [5.74, 6) is -0.00463. The second kappa shape index (κ2) is 8.10. The third-order valence-corrected chi connectivity index (χ3v) is 3.60. The van der Waals surface area contributed by atoms with Gasteiger partial charge in [0, 0.05) is 11.9 Å². The Balaban J connectivity index is 2.19. The summed E-state index contributed by atoms with van der Waals surface area (Å²) < 4.78 is 9.85. The molecule has 0 aliphatic rings. The summed E-state index contributed by atoms with van der Waals surface area (Å²) in [6.07, 6.45) is 1.54. The first kappa shape index (κ1) is 17.5. The Hall–Kier alpha value is -2.89. The van der Waals surface area contributed by atoms with Crippen molar-refractivity contribution >= 4 is 11.9 Å². The minimum absolute atomic E-state index is 0.0356. The number of hydrogen-bond acceptors (Lipinski definition) is 5. The number of aryl methyl sites for hydroxylation is 1. The van der Waals surface area contributed by atoms with Crippen molar-refractivity contribution in [3.8, 4) is 5.75 Å². The van der Waals surface area contributed by atoms with E-state index in [0.717, 1.165) is 11.3 Å². The molecule has 0 saturated heterocycles. The summed E-state index contributed by atoms with van der Waals surface area (Å²) in [6.45, 7) is 1.85. The Morgan fingerprint density at radius 1 is 1.12 bits per heavy atom. The molecule has 1 amide bonds. The van der Waals surface area contributed by atoms with E-state index >= 15 is 0 Å². The second-order valence-electron chi connectivity index (χ2n) is 5.27. The lowest BCUT2D eigenvalue weighted by Gasteiger charge is -2.18. The number of pyridine rings is 1. The molecule has 0 fully saturated rings. The normalized spacial score (nSPS) is 11.5. The standard InChI is InChI=1S/C18H20N2O4/c1-12-4-5-14(11-19-12)18(22)20-16(10-17(21)24-3)13-6-8-15(23-2)9-7-13/h4-9,11,16H,10H2,1-3H3,(H,20,22). The molecule has 1 heterocycles. The van der Waals surface area contributed by atoms with Crippen LogP contribution >= 0.6 is 0 Å². The predicted molar refractivity (Wildman–Crippen MR) is 88.8 cm³/mol. The highest BCUT2D eigenvalue weighted by Crippen LogP contribution is 2.21. The molecular formula is C18H20N2O4. The van der Waals surface area contributed by atoms with E-state index in [1.54, 1.807) is 43.5 Å². The molecule has 126 valence electrons. The number of methoxy groups -OCH3 is 2. The molecule has 0 saturated carbocycles. The van der Waals surface area contributed by atoms with Crippen molar-refractivity contribution in [1.82, 2.24) is 10.3 Å². The lowest BCUT2D eigenvalue weighted by atomic mass is 10.0. The van der Waals surface area contributed by atoms with Gasteiger partial charge in [-0.05, 0) is 36.8 Å². The topological polar surface area (TPSA) is 77.5 Å². The molecule has 1 atom stereocenters. The van der Waals surface area contributed by atoms with Crippen LogP contribution in [0.4, 0.5) is 0 Å². The zero-order valence-corrected chi connectivity index (χ0v) is 13.9. The summed E-state index contributed by atoms with van der Waals surface area (Å²) in [5.41, 5.74) is 2.05. The van der Waals surface area contributed by atoms with E-state index in [0.29, 0.717) is 11.3 Å². The van der Waals surface area contributed by atoms with Crippen LogP contribution in [0.3, 0.4) is 0 Å². The Labute approximate surface area is 140 Å². The van der Waals surface area contributed by atoms with Gasteiger partial charge in [-0.15, -0.1) is 0 Å². The third kappa shape index (κ3) is 4.55. The number of benzene rings is 1. The van der Waals surface area contributed by atoms with Gasteiger partial charge in [0.1, 0.15) is 5.75 Å². The molecule has 2 rings (SSSR count). The number of nitrogens with zero attached hydrogens (tertiary/aromatic N) is 1. The number of ether oxygens (including phenoxy) is 2. The highest BCUT2D eigenvalue weighted by Gasteiger charge is 2.20. The van der Waals surface area contributed by atoms with E-state index in [2.05, 4.69) is 10.3 Å². The highest BCUT2D eigenvalue weighted by atomic mass is 16.5. The van der Waals surface area contributed by atoms with Crippen LogP contribution in [-0.4, -0.2) is 31.1 Å². The van der Waals surface area contributed by atoms with Crippen LogP contribution in [0, 0.1) is 6.92 Å². The van der Waals surface area contributed by atoms with Crippen LogP contribution in [0.2, 0.25) is 0 Å². The molecule has 0 aliphatic heterocycles. The molecule has 6 heteroatoms. The molecule has 0 radical (unpaired) electrons. The van der Waals surface area contributed by atoms with Crippen molar-refractivity contribution in [2.45, 2.75) is 19.4 Å². The van der Waals surface area contributed by atoms with Gasteiger partial charge in [-0.3, -0.25) is 14.6 Å². The number of amides is 1. The van der Waals surface area contributed by atoms with E-state index in [-0.39, 0.29) is 12.3 Å². The van der Waals surface area contributed by atoms with Gasteiger partial charge in [0.2, 0.25) is 0 Å².